The van der Waals surface area contributed by atoms with Gasteiger partial charge in [0.1, 0.15) is 5.82 Å². The molecule has 1 aromatic carbocycles. The topological polar surface area (TPSA) is 12.9 Å². The van der Waals surface area contributed by atoms with Gasteiger partial charge >= 0.3 is 0 Å². The molecule has 2 aromatic rings. The predicted molar refractivity (Wildman–Crippen MR) is 54.4 cm³/mol. The molecule has 0 aliphatic heterocycles. The first-order chi connectivity index (χ1) is 6.20. The van der Waals surface area contributed by atoms with Crippen LogP contribution in [0.2, 0.25) is 5.02 Å². The van der Waals surface area contributed by atoms with E-state index in [9.17, 15) is 4.39 Å². The number of aromatic nitrogens is 1. The summed E-state index contributed by atoms with van der Waals surface area (Å²) >= 11 is 8.96. The summed E-state index contributed by atoms with van der Waals surface area (Å²) < 4.78 is 14.1. The van der Waals surface area contributed by atoms with Crippen molar-refractivity contribution in [3.63, 3.8) is 0 Å². The zero-order chi connectivity index (χ0) is 9.42. The van der Waals surface area contributed by atoms with Crippen LogP contribution in [-0.2, 0) is 0 Å². The van der Waals surface area contributed by atoms with E-state index in [0.717, 1.165) is 9.86 Å². The predicted octanol–water partition coefficient (Wildman–Crippen LogP) is 3.79. The molecule has 0 aliphatic carbocycles. The van der Waals surface area contributed by atoms with Crippen LogP contribution in [0.25, 0.3) is 10.8 Å². The van der Waals surface area contributed by atoms with Crippen molar-refractivity contribution in [3.05, 3.63) is 39.8 Å². The van der Waals surface area contributed by atoms with Gasteiger partial charge in [-0.3, -0.25) is 4.98 Å². The zero-order valence-electron chi connectivity index (χ0n) is 6.39. The van der Waals surface area contributed by atoms with Crippen LogP contribution in [0, 0.1) is 5.82 Å². The van der Waals surface area contributed by atoms with Crippen molar-refractivity contribution < 1.29 is 4.39 Å². The third-order valence-corrected chi connectivity index (χ3v) is 2.71. The molecule has 1 heterocycles. The molecule has 1 aromatic heterocycles. The van der Waals surface area contributed by atoms with E-state index >= 15 is 0 Å². The van der Waals surface area contributed by atoms with Crippen molar-refractivity contribution >= 4 is 38.3 Å². The lowest BCUT2D eigenvalue weighted by Gasteiger charge is -2.02. The van der Waals surface area contributed by atoms with Crippen LogP contribution in [0.1, 0.15) is 0 Å². The van der Waals surface area contributed by atoms with E-state index in [1.165, 1.54) is 12.3 Å². The molecule has 0 bridgehead atoms. The normalized spacial score (nSPS) is 10.7. The zero-order valence-corrected chi connectivity index (χ0v) is 8.73. The largest absolute Gasteiger partial charge is 0.264 e. The van der Waals surface area contributed by atoms with Crippen LogP contribution < -0.4 is 0 Å². The van der Waals surface area contributed by atoms with Crippen LogP contribution in [0.3, 0.4) is 0 Å². The highest BCUT2D eigenvalue weighted by atomic mass is 79.9. The van der Waals surface area contributed by atoms with Gasteiger partial charge in [0, 0.05) is 27.6 Å². The summed E-state index contributed by atoms with van der Waals surface area (Å²) in [7, 11) is 0. The molecular formula is C9H4BrClFN. The number of benzene rings is 1. The Morgan fingerprint density at radius 2 is 2.15 bits per heavy atom. The van der Waals surface area contributed by atoms with E-state index < -0.39 is 5.82 Å². The molecule has 1 nitrogen and oxygen atoms in total. The van der Waals surface area contributed by atoms with Gasteiger partial charge < -0.3 is 0 Å². The van der Waals surface area contributed by atoms with E-state index in [1.807, 2.05) is 0 Å². The van der Waals surface area contributed by atoms with Gasteiger partial charge in [0.25, 0.3) is 0 Å². The van der Waals surface area contributed by atoms with Crippen LogP contribution in [-0.4, -0.2) is 4.98 Å². The first kappa shape index (κ1) is 8.91. The molecule has 0 unspecified atom stereocenters. The fraction of sp³-hybridized carbons (Fsp3) is 0. The molecule has 0 spiro atoms. The molecule has 0 aliphatic rings. The Morgan fingerprint density at radius 1 is 1.38 bits per heavy atom. The highest BCUT2D eigenvalue weighted by Gasteiger charge is 2.08. The first-order valence-electron chi connectivity index (χ1n) is 3.57. The highest BCUT2D eigenvalue weighted by Crippen LogP contribution is 2.30. The Kier molecular flexibility index (Phi) is 2.22. The smallest absolute Gasteiger partial charge is 0.149 e. The summed E-state index contributed by atoms with van der Waals surface area (Å²) in [6, 6.07) is 3.13. The van der Waals surface area contributed by atoms with Crippen LogP contribution in [0.5, 0.6) is 0 Å². The number of fused-ring (bicyclic) bond motifs is 1. The van der Waals surface area contributed by atoms with Crippen LogP contribution in [0.4, 0.5) is 4.39 Å². The number of pyridine rings is 1. The minimum Gasteiger partial charge on any atom is -0.264 e. The molecule has 0 atom stereocenters. The van der Waals surface area contributed by atoms with Crippen molar-refractivity contribution in [1.29, 1.82) is 0 Å². The molecule has 13 heavy (non-hydrogen) atoms. The number of rotatable bonds is 0. The maximum Gasteiger partial charge on any atom is 0.149 e. The monoisotopic (exact) mass is 259 g/mol. The summed E-state index contributed by atoms with van der Waals surface area (Å²) in [5.74, 6) is -0.401. The Balaban J connectivity index is 2.97. The maximum atomic E-state index is 13.4. The van der Waals surface area contributed by atoms with Gasteiger partial charge in [-0.15, -0.1) is 0 Å². The number of halogens is 3. The molecule has 0 saturated carbocycles. The number of hydrogen-bond acceptors (Lipinski definition) is 1. The van der Waals surface area contributed by atoms with Crippen molar-refractivity contribution in [2.24, 2.45) is 0 Å². The van der Waals surface area contributed by atoms with Crippen LogP contribution >= 0.6 is 27.5 Å². The van der Waals surface area contributed by atoms with E-state index in [4.69, 9.17) is 11.6 Å². The molecule has 0 amide bonds. The van der Waals surface area contributed by atoms with Crippen molar-refractivity contribution in [2.75, 3.05) is 0 Å². The lowest BCUT2D eigenvalue weighted by atomic mass is 10.2. The van der Waals surface area contributed by atoms with Crippen LogP contribution in [0.15, 0.2) is 29.0 Å². The molecule has 0 fully saturated rings. The molecule has 0 N–H and O–H groups in total. The maximum absolute atomic E-state index is 13.4. The molecule has 0 saturated heterocycles. The van der Waals surface area contributed by atoms with E-state index in [2.05, 4.69) is 20.9 Å². The summed E-state index contributed by atoms with van der Waals surface area (Å²) in [6.07, 6.45) is 3.13. The van der Waals surface area contributed by atoms with Crippen molar-refractivity contribution in [3.8, 4) is 0 Å². The Bertz CT molecular complexity index is 472. The lowest BCUT2D eigenvalue weighted by molar-refractivity contribution is 0.640. The number of nitrogens with zero attached hydrogens (tertiary/aromatic N) is 1. The average molecular weight is 260 g/mol. The van der Waals surface area contributed by atoms with Gasteiger partial charge in [0.2, 0.25) is 0 Å². The Hall–Kier alpha value is -0.670. The lowest BCUT2D eigenvalue weighted by Crippen LogP contribution is -1.84. The molecule has 66 valence electrons. The SMILES string of the molecule is Fc1c(Cl)cc(Br)c2cnccc12. The summed E-state index contributed by atoms with van der Waals surface area (Å²) in [5.41, 5.74) is 0. The van der Waals surface area contributed by atoms with Gasteiger partial charge in [0.05, 0.1) is 5.02 Å². The van der Waals surface area contributed by atoms with Crippen molar-refractivity contribution in [1.82, 2.24) is 4.98 Å². The average Bonchev–Trinajstić information content (AvgIpc) is 2.15. The van der Waals surface area contributed by atoms with E-state index in [1.54, 1.807) is 12.3 Å². The van der Waals surface area contributed by atoms with E-state index in [0.29, 0.717) is 5.39 Å². The van der Waals surface area contributed by atoms with Crippen molar-refractivity contribution in [2.45, 2.75) is 0 Å². The van der Waals surface area contributed by atoms with Gasteiger partial charge in [-0.05, 0) is 12.1 Å². The fourth-order valence-electron chi connectivity index (χ4n) is 1.16. The van der Waals surface area contributed by atoms with E-state index in [-0.39, 0.29) is 5.02 Å². The third-order valence-electron chi connectivity index (χ3n) is 1.78. The van der Waals surface area contributed by atoms with Gasteiger partial charge in [-0.2, -0.15) is 0 Å². The highest BCUT2D eigenvalue weighted by molar-refractivity contribution is 9.10. The standard InChI is InChI=1S/C9H4BrClFN/c10-7-3-8(11)9(12)5-1-2-13-4-6(5)7/h1-4H. The Labute approximate surface area is 87.7 Å². The summed E-state index contributed by atoms with van der Waals surface area (Å²) in [5, 5.41) is 1.32. The number of hydrogen-bond donors (Lipinski definition) is 0. The molecular weight excluding hydrogens is 256 g/mol. The molecule has 2 rings (SSSR count). The second-order valence-electron chi connectivity index (χ2n) is 2.58. The minimum absolute atomic E-state index is 0.116. The molecule has 4 heteroatoms. The van der Waals surface area contributed by atoms with Gasteiger partial charge in [-0.25, -0.2) is 4.39 Å². The third kappa shape index (κ3) is 1.42. The second-order valence-corrected chi connectivity index (χ2v) is 3.84. The van der Waals surface area contributed by atoms with Gasteiger partial charge in [-0.1, -0.05) is 27.5 Å². The quantitative estimate of drug-likeness (QED) is 0.657. The second kappa shape index (κ2) is 3.24. The van der Waals surface area contributed by atoms with Gasteiger partial charge in [0.15, 0.2) is 0 Å². The Morgan fingerprint density at radius 3 is 2.92 bits per heavy atom. The fourth-order valence-corrected chi connectivity index (χ4v) is 2.04. The first-order valence-corrected chi connectivity index (χ1v) is 4.74. The minimum atomic E-state index is -0.401. The molecule has 0 radical (unpaired) electrons. The summed E-state index contributed by atoms with van der Waals surface area (Å²) in [4.78, 5) is 3.90. The summed E-state index contributed by atoms with van der Waals surface area (Å²) in [6.45, 7) is 0.